The first-order valence-electron chi connectivity index (χ1n) is 5.24. The monoisotopic (exact) mass is 187 g/mol. The highest BCUT2D eigenvalue weighted by atomic mass is 16.7. The molecule has 1 aliphatic rings. The molecule has 1 saturated carbocycles. The van der Waals surface area contributed by atoms with Crippen molar-refractivity contribution in [2.45, 2.75) is 39.5 Å². The van der Waals surface area contributed by atoms with Gasteiger partial charge in [0.15, 0.2) is 6.29 Å². The third kappa shape index (κ3) is 4.07. The van der Waals surface area contributed by atoms with Crippen molar-refractivity contribution in [2.24, 2.45) is 5.92 Å². The van der Waals surface area contributed by atoms with Crippen LogP contribution in [0.15, 0.2) is 0 Å². The van der Waals surface area contributed by atoms with Gasteiger partial charge >= 0.3 is 0 Å². The first-order chi connectivity index (χ1) is 6.27. The maximum atomic E-state index is 5.41. The molecule has 0 aromatic carbocycles. The van der Waals surface area contributed by atoms with Crippen LogP contribution >= 0.6 is 0 Å². The molecule has 0 spiro atoms. The molecule has 0 amide bonds. The lowest BCUT2D eigenvalue weighted by molar-refractivity contribution is -0.133. The highest BCUT2D eigenvalue weighted by molar-refractivity contribution is 4.89. The van der Waals surface area contributed by atoms with E-state index in [0.717, 1.165) is 12.5 Å². The van der Waals surface area contributed by atoms with Gasteiger partial charge in [-0.25, -0.2) is 0 Å². The molecular weight excluding hydrogens is 166 g/mol. The fourth-order valence-corrected chi connectivity index (χ4v) is 1.39. The lowest BCUT2D eigenvalue weighted by Gasteiger charge is -2.17. The van der Waals surface area contributed by atoms with Crippen LogP contribution in [0.2, 0.25) is 0 Å². The topological polar surface area (TPSA) is 30.5 Å². The molecule has 2 unspecified atom stereocenters. The van der Waals surface area contributed by atoms with Crippen LogP contribution in [0.1, 0.15) is 27.2 Å². The maximum absolute atomic E-state index is 5.41. The van der Waals surface area contributed by atoms with Gasteiger partial charge in [0, 0.05) is 25.8 Å². The fourth-order valence-electron chi connectivity index (χ4n) is 1.39. The van der Waals surface area contributed by atoms with Crippen molar-refractivity contribution >= 4 is 0 Å². The summed E-state index contributed by atoms with van der Waals surface area (Å²) in [6.45, 7) is 8.49. The number of ether oxygens (including phenoxy) is 2. The minimum absolute atomic E-state index is 0.0669. The second-order valence-corrected chi connectivity index (χ2v) is 3.57. The van der Waals surface area contributed by atoms with Crippen LogP contribution in [-0.2, 0) is 9.47 Å². The van der Waals surface area contributed by atoms with E-state index in [2.05, 4.69) is 12.2 Å². The van der Waals surface area contributed by atoms with Crippen LogP contribution in [0.4, 0.5) is 0 Å². The Morgan fingerprint density at radius 1 is 1.31 bits per heavy atom. The molecule has 1 aliphatic carbocycles. The second kappa shape index (κ2) is 5.58. The smallest absolute Gasteiger partial charge is 0.169 e. The van der Waals surface area contributed by atoms with Crippen LogP contribution in [0.5, 0.6) is 0 Å². The Balaban J connectivity index is 2.06. The Kier molecular flexibility index (Phi) is 4.70. The highest BCUT2D eigenvalue weighted by Gasteiger charge is 2.32. The Labute approximate surface area is 80.8 Å². The van der Waals surface area contributed by atoms with E-state index in [-0.39, 0.29) is 6.29 Å². The number of hydrogen-bond acceptors (Lipinski definition) is 3. The molecule has 0 bridgehead atoms. The van der Waals surface area contributed by atoms with Gasteiger partial charge < -0.3 is 14.8 Å². The van der Waals surface area contributed by atoms with Crippen molar-refractivity contribution in [3.8, 4) is 0 Å². The number of hydrogen-bond donors (Lipinski definition) is 1. The highest BCUT2D eigenvalue weighted by Crippen LogP contribution is 2.28. The quantitative estimate of drug-likeness (QED) is 0.611. The van der Waals surface area contributed by atoms with Crippen LogP contribution in [0.25, 0.3) is 0 Å². The van der Waals surface area contributed by atoms with E-state index in [4.69, 9.17) is 9.47 Å². The van der Waals surface area contributed by atoms with Gasteiger partial charge in [0.2, 0.25) is 0 Å². The van der Waals surface area contributed by atoms with Crippen LogP contribution in [-0.4, -0.2) is 32.1 Å². The van der Waals surface area contributed by atoms with Gasteiger partial charge in [0.25, 0.3) is 0 Å². The standard InChI is InChI=1S/C10H21NO2/c1-4-12-10(13-5-2)7-11-9-6-8(9)3/h8-11H,4-7H2,1-3H3. The van der Waals surface area contributed by atoms with Crippen LogP contribution in [0.3, 0.4) is 0 Å². The third-order valence-electron chi connectivity index (χ3n) is 2.36. The van der Waals surface area contributed by atoms with Gasteiger partial charge in [-0.2, -0.15) is 0 Å². The summed E-state index contributed by atoms with van der Waals surface area (Å²) in [6, 6.07) is 0.698. The van der Waals surface area contributed by atoms with Crippen LogP contribution in [0, 0.1) is 5.92 Å². The second-order valence-electron chi connectivity index (χ2n) is 3.57. The van der Waals surface area contributed by atoms with Gasteiger partial charge in [-0.05, 0) is 26.2 Å². The molecule has 1 N–H and O–H groups in total. The molecule has 0 heterocycles. The summed E-state index contributed by atoms with van der Waals surface area (Å²) in [5, 5.41) is 3.43. The molecule has 2 atom stereocenters. The average Bonchev–Trinajstić information content (AvgIpc) is 2.79. The van der Waals surface area contributed by atoms with Crippen molar-refractivity contribution in [1.82, 2.24) is 5.32 Å². The Bertz CT molecular complexity index is 135. The summed E-state index contributed by atoms with van der Waals surface area (Å²) in [4.78, 5) is 0. The predicted molar refractivity (Wildman–Crippen MR) is 52.6 cm³/mol. The zero-order chi connectivity index (χ0) is 9.68. The largest absolute Gasteiger partial charge is 0.352 e. The van der Waals surface area contributed by atoms with Gasteiger partial charge in [0.05, 0.1) is 0 Å². The SMILES string of the molecule is CCOC(CNC1CC1C)OCC. The van der Waals surface area contributed by atoms with E-state index in [1.165, 1.54) is 6.42 Å². The molecule has 0 radical (unpaired) electrons. The molecule has 0 saturated heterocycles. The molecule has 0 aromatic rings. The molecule has 1 fully saturated rings. The van der Waals surface area contributed by atoms with Crippen molar-refractivity contribution in [3.63, 3.8) is 0 Å². The van der Waals surface area contributed by atoms with E-state index >= 15 is 0 Å². The summed E-state index contributed by atoms with van der Waals surface area (Å²) in [7, 11) is 0. The molecule has 78 valence electrons. The van der Waals surface area contributed by atoms with E-state index in [1.54, 1.807) is 0 Å². The number of nitrogens with one attached hydrogen (secondary N) is 1. The molecule has 0 aromatic heterocycles. The zero-order valence-electron chi connectivity index (χ0n) is 8.88. The first kappa shape index (κ1) is 11.0. The Morgan fingerprint density at radius 3 is 2.23 bits per heavy atom. The maximum Gasteiger partial charge on any atom is 0.169 e. The fraction of sp³-hybridized carbons (Fsp3) is 1.00. The predicted octanol–water partition coefficient (Wildman–Crippen LogP) is 1.38. The van der Waals surface area contributed by atoms with Crippen molar-refractivity contribution in [3.05, 3.63) is 0 Å². The Morgan fingerprint density at radius 2 is 1.85 bits per heavy atom. The van der Waals surface area contributed by atoms with E-state index in [1.807, 2.05) is 13.8 Å². The lowest BCUT2D eigenvalue weighted by Crippen LogP contribution is -2.33. The summed E-state index contributed by atoms with van der Waals surface area (Å²) in [5.41, 5.74) is 0. The summed E-state index contributed by atoms with van der Waals surface area (Å²) in [5.74, 6) is 0.837. The van der Waals surface area contributed by atoms with E-state index in [0.29, 0.717) is 19.3 Å². The average molecular weight is 187 g/mol. The normalized spacial score (nSPS) is 26.8. The lowest BCUT2D eigenvalue weighted by atomic mass is 10.4. The third-order valence-corrected chi connectivity index (χ3v) is 2.36. The summed E-state index contributed by atoms with van der Waals surface area (Å²) < 4.78 is 10.8. The van der Waals surface area contributed by atoms with Gasteiger partial charge in [-0.15, -0.1) is 0 Å². The minimum Gasteiger partial charge on any atom is -0.352 e. The van der Waals surface area contributed by atoms with Gasteiger partial charge in [-0.3, -0.25) is 0 Å². The molecule has 1 rings (SSSR count). The van der Waals surface area contributed by atoms with Crippen molar-refractivity contribution in [1.29, 1.82) is 0 Å². The van der Waals surface area contributed by atoms with Crippen molar-refractivity contribution < 1.29 is 9.47 Å². The summed E-state index contributed by atoms with van der Waals surface area (Å²) >= 11 is 0. The molecule has 13 heavy (non-hydrogen) atoms. The molecule has 3 heteroatoms. The molecule has 3 nitrogen and oxygen atoms in total. The van der Waals surface area contributed by atoms with Crippen LogP contribution < -0.4 is 5.32 Å². The number of rotatable bonds is 7. The molecular formula is C10H21NO2. The summed E-state index contributed by atoms with van der Waals surface area (Å²) in [6.07, 6.45) is 1.23. The van der Waals surface area contributed by atoms with E-state index < -0.39 is 0 Å². The van der Waals surface area contributed by atoms with Gasteiger partial charge in [0.1, 0.15) is 0 Å². The minimum atomic E-state index is -0.0669. The molecule has 0 aliphatic heterocycles. The van der Waals surface area contributed by atoms with Gasteiger partial charge in [-0.1, -0.05) is 6.92 Å². The van der Waals surface area contributed by atoms with E-state index in [9.17, 15) is 0 Å². The first-order valence-corrected chi connectivity index (χ1v) is 5.24. The van der Waals surface area contributed by atoms with Crippen molar-refractivity contribution in [2.75, 3.05) is 19.8 Å². The Hall–Kier alpha value is -0.120. The zero-order valence-corrected chi connectivity index (χ0v) is 8.88.